The molecule has 0 radical (unpaired) electrons. The van der Waals surface area contributed by atoms with Gasteiger partial charge < -0.3 is 9.72 Å². The molecule has 0 saturated heterocycles. The van der Waals surface area contributed by atoms with Crippen LogP contribution in [0.2, 0.25) is 0 Å². The van der Waals surface area contributed by atoms with Crippen molar-refractivity contribution in [1.29, 1.82) is 0 Å². The number of imidazole rings is 1. The minimum atomic E-state index is -0.773. The molecule has 0 saturated carbocycles. The molecule has 2 amide bonds. The van der Waals surface area contributed by atoms with E-state index in [0.29, 0.717) is 11.3 Å². The van der Waals surface area contributed by atoms with Crippen LogP contribution in [0.4, 0.5) is 0 Å². The van der Waals surface area contributed by atoms with Crippen LogP contribution in [0.3, 0.4) is 0 Å². The lowest BCUT2D eigenvalue weighted by atomic mass is 10.2. The first-order valence-electron chi connectivity index (χ1n) is 7.48. The quantitative estimate of drug-likeness (QED) is 0.584. The lowest BCUT2D eigenvalue weighted by Gasteiger charge is -2.15. The molecule has 1 atom stereocenters. The van der Waals surface area contributed by atoms with Crippen LogP contribution in [0.5, 0.6) is 5.75 Å². The number of benzene rings is 2. The van der Waals surface area contributed by atoms with E-state index >= 15 is 0 Å². The number of H-pyrrole nitrogens is 1. The normalized spacial score (nSPS) is 11.8. The summed E-state index contributed by atoms with van der Waals surface area (Å²) < 4.78 is 6.38. The Morgan fingerprint density at radius 3 is 2.84 bits per heavy atom. The van der Waals surface area contributed by atoms with Gasteiger partial charge in [0, 0.05) is 10.0 Å². The Morgan fingerprint density at radius 1 is 1.20 bits per heavy atom. The van der Waals surface area contributed by atoms with Gasteiger partial charge in [-0.15, -0.1) is 0 Å². The fourth-order valence-electron chi connectivity index (χ4n) is 2.17. The van der Waals surface area contributed by atoms with Gasteiger partial charge in [-0.05, 0) is 43.3 Å². The number of aromatic amines is 1. The Kier molecular flexibility index (Phi) is 4.99. The first-order chi connectivity index (χ1) is 12.0. The fraction of sp³-hybridized carbons (Fsp3) is 0.118. The average molecular weight is 403 g/mol. The second-order valence-corrected chi connectivity index (χ2v) is 6.21. The van der Waals surface area contributed by atoms with Crippen molar-refractivity contribution in [2.24, 2.45) is 0 Å². The van der Waals surface area contributed by atoms with Gasteiger partial charge in [-0.1, -0.05) is 22.0 Å². The number of carbonyl (C=O) groups is 2. The van der Waals surface area contributed by atoms with E-state index in [-0.39, 0.29) is 0 Å². The summed E-state index contributed by atoms with van der Waals surface area (Å²) >= 11 is 3.33. The first kappa shape index (κ1) is 17.0. The van der Waals surface area contributed by atoms with Crippen LogP contribution in [0.25, 0.3) is 11.0 Å². The van der Waals surface area contributed by atoms with Crippen LogP contribution >= 0.6 is 15.9 Å². The summed E-state index contributed by atoms with van der Waals surface area (Å²) in [5, 5.41) is 0. The summed E-state index contributed by atoms with van der Waals surface area (Å²) in [5.74, 6) is -0.344. The third kappa shape index (κ3) is 4.16. The highest BCUT2D eigenvalue weighted by atomic mass is 79.9. The maximum absolute atomic E-state index is 12.1. The number of ether oxygens (including phenoxy) is 1. The van der Waals surface area contributed by atoms with E-state index in [1.807, 2.05) is 6.07 Å². The smallest absolute Gasteiger partial charge is 0.279 e. The monoisotopic (exact) mass is 402 g/mol. The summed E-state index contributed by atoms with van der Waals surface area (Å²) in [7, 11) is 0. The molecule has 0 fully saturated rings. The molecule has 0 bridgehead atoms. The Bertz CT molecular complexity index is 925. The number of aromatic nitrogens is 2. The van der Waals surface area contributed by atoms with Crippen LogP contribution in [0, 0.1) is 0 Å². The molecular formula is C17H15BrN4O3. The summed E-state index contributed by atoms with van der Waals surface area (Å²) in [4.78, 5) is 31.2. The highest BCUT2D eigenvalue weighted by molar-refractivity contribution is 9.10. The summed E-state index contributed by atoms with van der Waals surface area (Å²) in [5.41, 5.74) is 6.63. The molecule has 0 unspecified atom stereocenters. The number of fused-ring (bicyclic) bond motifs is 1. The van der Waals surface area contributed by atoms with Crippen LogP contribution in [0.15, 0.2) is 53.3 Å². The zero-order chi connectivity index (χ0) is 17.8. The molecule has 0 aliphatic rings. The predicted molar refractivity (Wildman–Crippen MR) is 95.9 cm³/mol. The molecule has 0 aliphatic heterocycles. The highest BCUT2D eigenvalue weighted by Gasteiger charge is 2.16. The number of amides is 2. The molecule has 2 aromatic carbocycles. The van der Waals surface area contributed by atoms with E-state index in [1.165, 1.54) is 0 Å². The van der Waals surface area contributed by atoms with Gasteiger partial charge in [0.2, 0.25) is 0 Å². The summed E-state index contributed by atoms with van der Waals surface area (Å²) in [6, 6.07) is 12.2. The zero-order valence-electron chi connectivity index (χ0n) is 13.2. The average Bonchev–Trinajstić information content (AvgIpc) is 3.07. The molecule has 3 rings (SSSR count). The third-order valence-corrected chi connectivity index (χ3v) is 3.95. The van der Waals surface area contributed by atoms with Crippen molar-refractivity contribution >= 4 is 38.8 Å². The second kappa shape index (κ2) is 7.35. The maximum Gasteiger partial charge on any atom is 0.279 e. The summed E-state index contributed by atoms with van der Waals surface area (Å²) in [6.45, 7) is 1.60. The fourth-order valence-corrected chi connectivity index (χ4v) is 2.55. The number of nitrogens with zero attached hydrogens (tertiary/aromatic N) is 1. The van der Waals surface area contributed by atoms with Crippen molar-refractivity contribution in [2.75, 3.05) is 0 Å². The number of nitrogens with one attached hydrogen (secondary N) is 3. The topological polar surface area (TPSA) is 96.1 Å². The second-order valence-electron chi connectivity index (χ2n) is 5.30. The molecule has 3 N–H and O–H groups in total. The van der Waals surface area contributed by atoms with Gasteiger partial charge in [-0.2, -0.15) is 0 Å². The molecule has 7 nitrogen and oxygen atoms in total. The lowest BCUT2D eigenvalue weighted by molar-refractivity contribution is -0.128. The van der Waals surface area contributed by atoms with E-state index < -0.39 is 17.9 Å². The number of hydrazine groups is 1. The number of carbonyl (C=O) groups excluding carboxylic acids is 2. The molecule has 0 aliphatic carbocycles. The van der Waals surface area contributed by atoms with E-state index in [1.54, 1.807) is 49.6 Å². The van der Waals surface area contributed by atoms with Crippen molar-refractivity contribution < 1.29 is 14.3 Å². The summed E-state index contributed by atoms with van der Waals surface area (Å²) in [6.07, 6.45) is 0.777. The van der Waals surface area contributed by atoms with E-state index in [4.69, 9.17) is 4.74 Å². The van der Waals surface area contributed by atoms with Crippen molar-refractivity contribution in [3.63, 3.8) is 0 Å². The predicted octanol–water partition coefficient (Wildman–Crippen LogP) is 2.55. The maximum atomic E-state index is 12.1. The number of rotatable bonds is 4. The van der Waals surface area contributed by atoms with E-state index in [0.717, 1.165) is 15.5 Å². The molecular weight excluding hydrogens is 388 g/mol. The van der Waals surface area contributed by atoms with E-state index in [2.05, 4.69) is 36.7 Å². The van der Waals surface area contributed by atoms with Gasteiger partial charge in [0.1, 0.15) is 5.75 Å². The van der Waals surface area contributed by atoms with Gasteiger partial charge in [-0.25, -0.2) is 4.98 Å². The lowest BCUT2D eigenvalue weighted by Crippen LogP contribution is -2.47. The van der Waals surface area contributed by atoms with Gasteiger partial charge in [-0.3, -0.25) is 20.4 Å². The molecule has 128 valence electrons. The Morgan fingerprint density at radius 2 is 2.04 bits per heavy atom. The van der Waals surface area contributed by atoms with Crippen molar-refractivity contribution in [1.82, 2.24) is 20.8 Å². The first-order valence-corrected chi connectivity index (χ1v) is 8.28. The van der Waals surface area contributed by atoms with Crippen LogP contribution in [-0.2, 0) is 4.79 Å². The van der Waals surface area contributed by atoms with Crippen LogP contribution in [0.1, 0.15) is 17.3 Å². The third-order valence-electron chi connectivity index (χ3n) is 3.46. The minimum absolute atomic E-state index is 0.401. The van der Waals surface area contributed by atoms with Gasteiger partial charge in [0.05, 0.1) is 17.4 Å². The number of halogens is 1. The molecule has 1 aromatic heterocycles. The standard InChI is InChI=1S/C17H15BrN4O3/c1-10(25-13-4-2-3-12(18)8-13)16(23)21-22-17(24)11-5-6-14-15(7-11)20-9-19-14/h2-10H,1H3,(H,19,20)(H,21,23)(H,22,24)/t10-/m0/s1. The van der Waals surface area contributed by atoms with E-state index in [9.17, 15) is 9.59 Å². The molecule has 8 heteroatoms. The van der Waals surface area contributed by atoms with Crippen molar-refractivity contribution in [3.8, 4) is 5.75 Å². The van der Waals surface area contributed by atoms with Gasteiger partial charge >= 0.3 is 0 Å². The molecule has 3 aromatic rings. The molecule has 0 spiro atoms. The van der Waals surface area contributed by atoms with Crippen LogP contribution < -0.4 is 15.6 Å². The zero-order valence-corrected chi connectivity index (χ0v) is 14.8. The Hall–Kier alpha value is -2.87. The SMILES string of the molecule is C[C@H](Oc1cccc(Br)c1)C(=O)NNC(=O)c1ccc2nc[nH]c2c1. The molecule has 25 heavy (non-hydrogen) atoms. The van der Waals surface area contributed by atoms with Gasteiger partial charge in [0.15, 0.2) is 6.10 Å². The van der Waals surface area contributed by atoms with Crippen LogP contribution in [-0.4, -0.2) is 27.9 Å². The van der Waals surface area contributed by atoms with Crippen molar-refractivity contribution in [2.45, 2.75) is 13.0 Å². The number of hydrogen-bond donors (Lipinski definition) is 3. The molecule has 1 heterocycles. The Balaban J connectivity index is 1.56. The highest BCUT2D eigenvalue weighted by Crippen LogP contribution is 2.18. The Labute approximate surface area is 151 Å². The largest absolute Gasteiger partial charge is 0.481 e. The van der Waals surface area contributed by atoms with Gasteiger partial charge in [0.25, 0.3) is 11.8 Å². The minimum Gasteiger partial charge on any atom is -0.481 e. The van der Waals surface area contributed by atoms with Crippen molar-refractivity contribution in [3.05, 3.63) is 58.8 Å². The number of hydrogen-bond acceptors (Lipinski definition) is 4.